The summed E-state index contributed by atoms with van der Waals surface area (Å²) >= 11 is 6.16. The van der Waals surface area contributed by atoms with Gasteiger partial charge >= 0.3 is 12.1 Å². The Morgan fingerprint density at radius 2 is 1.76 bits per heavy atom. The topological polar surface area (TPSA) is 87.2 Å². The zero-order valence-electron chi connectivity index (χ0n) is 20.7. The van der Waals surface area contributed by atoms with Gasteiger partial charge in [-0.3, -0.25) is 14.6 Å². The van der Waals surface area contributed by atoms with Crippen molar-refractivity contribution in [3.63, 3.8) is 0 Å². The fourth-order valence-corrected chi connectivity index (χ4v) is 6.58. The van der Waals surface area contributed by atoms with E-state index in [0.717, 1.165) is 5.56 Å². The number of cyclic esters (lactones) is 1. The molecule has 194 valence electrons. The second kappa shape index (κ2) is 8.30. The molecule has 3 aliphatic rings. The van der Waals surface area contributed by atoms with E-state index in [0.29, 0.717) is 28.4 Å². The molecular weight excluding hydrogens is 511 g/mol. The summed E-state index contributed by atoms with van der Waals surface area (Å²) in [5.74, 6) is -1.91. The highest BCUT2D eigenvalue weighted by atomic mass is 35.5. The van der Waals surface area contributed by atoms with Crippen molar-refractivity contribution in [2.75, 3.05) is 23.0 Å². The Morgan fingerprint density at radius 3 is 2.39 bits per heavy atom. The minimum absolute atomic E-state index is 0.0176. The van der Waals surface area contributed by atoms with Gasteiger partial charge in [0.25, 0.3) is 0 Å². The fraction of sp³-hybridized carbons (Fsp3) is 0.276. The summed E-state index contributed by atoms with van der Waals surface area (Å²) < 4.78 is 19.7. The highest BCUT2D eigenvalue weighted by Crippen LogP contribution is 2.74. The van der Waals surface area contributed by atoms with Gasteiger partial charge in [-0.2, -0.15) is 0 Å². The van der Waals surface area contributed by atoms with Gasteiger partial charge in [0.15, 0.2) is 0 Å². The van der Waals surface area contributed by atoms with Crippen molar-refractivity contribution in [1.82, 2.24) is 0 Å². The van der Waals surface area contributed by atoms with Gasteiger partial charge in [0.2, 0.25) is 5.91 Å². The van der Waals surface area contributed by atoms with E-state index in [4.69, 9.17) is 16.3 Å². The smallest absolute Gasteiger partial charge is 0.414 e. The number of nitrogens with zero attached hydrogens (tertiary/aromatic N) is 2. The van der Waals surface area contributed by atoms with Crippen molar-refractivity contribution in [3.8, 4) is 0 Å². The Labute approximate surface area is 223 Å². The third-order valence-corrected chi connectivity index (χ3v) is 8.49. The maximum atomic E-state index is 14.7. The van der Waals surface area contributed by atoms with Crippen LogP contribution in [0.25, 0.3) is 0 Å². The van der Waals surface area contributed by atoms with E-state index in [9.17, 15) is 23.9 Å². The quantitative estimate of drug-likeness (QED) is 0.431. The Morgan fingerprint density at radius 1 is 1.05 bits per heavy atom. The summed E-state index contributed by atoms with van der Waals surface area (Å²) in [5.41, 5.74) is 0.842. The van der Waals surface area contributed by atoms with E-state index < -0.39 is 28.7 Å². The number of ether oxygens (including phenoxy) is 1. The van der Waals surface area contributed by atoms with Crippen molar-refractivity contribution in [2.45, 2.75) is 31.1 Å². The number of aromatic carboxylic acids is 1. The molecule has 2 heterocycles. The molecule has 1 aliphatic carbocycles. The molecule has 2 aliphatic heterocycles. The molecule has 3 aromatic carbocycles. The first-order valence-electron chi connectivity index (χ1n) is 12.3. The lowest BCUT2D eigenvalue weighted by atomic mass is 9.75. The van der Waals surface area contributed by atoms with Crippen LogP contribution in [-0.2, 0) is 20.4 Å². The molecule has 2 amide bonds. The van der Waals surface area contributed by atoms with Crippen molar-refractivity contribution < 1.29 is 28.6 Å². The molecule has 1 saturated carbocycles. The first-order valence-corrected chi connectivity index (χ1v) is 12.7. The largest absolute Gasteiger partial charge is 0.478 e. The predicted molar refractivity (Wildman–Crippen MR) is 140 cm³/mol. The number of carboxylic acids is 1. The van der Waals surface area contributed by atoms with Gasteiger partial charge in [0.05, 0.1) is 34.6 Å². The van der Waals surface area contributed by atoms with Gasteiger partial charge in [-0.1, -0.05) is 37.6 Å². The summed E-state index contributed by atoms with van der Waals surface area (Å²) in [5, 5.41) is 10.4. The van der Waals surface area contributed by atoms with Gasteiger partial charge in [-0.25, -0.2) is 14.0 Å². The zero-order valence-corrected chi connectivity index (χ0v) is 21.5. The molecule has 0 aromatic heterocycles. The van der Waals surface area contributed by atoms with Gasteiger partial charge < -0.3 is 9.84 Å². The molecular formula is C29H24ClFN2O5. The Hall–Kier alpha value is -3.91. The van der Waals surface area contributed by atoms with Crippen LogP contribution >= 0.6 is 11.6 Å². The van der Waals surface area contributed by atoms with Crippen LogP contribution in [0, 0.1) is 11.7 Å². The molecule has 1 saturated heterocycles. The SMILES string of the molecule is CC(C)[C@@]1(c2ccc(Cl)cc2)C[C@]12C(=O)N(c1cc(C(=O)O)cc(N3CCOC3=O)c1)c1ccc(F)cc12. The normalized spacial score (nSPS) is 23.8. The Bertz CT molecular complexity index is 1520. The fourth-order valence-electron chi connectivity index (χ4n) is 6.45. The highest BCUT2D eigenvalue weighted by molar-refractivity contribution is 6.30. The molecule has 0 bridgehead atoms. The molecule has 1 N–H and O–H groups in total. The number of carbonyl (C=O) groups excluding carboxylic acids is 2. The van der Waals surface area contributed by atoms with E-state index in [2.05, 4.69) is 0 Å². The van der Waals surface area contributed by atoms with Gasteiger partial charge in [-0.15, -0.1) is 0 Å². The maximum absolute atomic E-state index is 14.7. The monoisotopic (exact) mass is 534 g/mol. The third kappa shape index (κ3) is 3.22. The molecule has 3 aromatic rings. The zero-order chi connectivity index (χ0) is 27.0. The standard InChI is InChI=1S/C29H24ClFN2O5/c1-16(2)28(18-3-5-19(30)6-4-18)15-29(28)23-13-20(31)7-8-24(23)33(26(29)36)22-12-17(25(34)35)11-21(14-22)32-9-10-38-27(32)37/h3-8,11-14,16H,9-10,15H2,1-2H3,(H,34,35)/t28-,29+/m1/s1. The second-order valence-corrected chi connectivity index (χ2v) is 10.8. The number of amides is 2. The average molecular weight is 535 g/mol. The minimum Gasteiger partial charge on any atom is -0.478 e. The highest BCUT2D eigenvalue weighted by Gasteiger charge is 2.78. The van der Waals surface area contributed by atoms with Crippen LogP contribution in [-0.4, -0.2) is 36.2 Å². The molecule has 0 radical (unpaired) electrons. The van der Waals surface area contributed by atoms with Crippen molar-refractivity contribution in [2.24, 2.45) is 5.92 Å². The lowest BCUT2D eigenvalue weighted by Crippen LogP contribution is -2.36. The summed E-state index contributed by atoms with van der Waals surface area (Å²) in [6.07, 6.45) is -0.122. The molecule has 1 spiro atoms. The van der Waals surface area contributed by atoms with E-state index in [1.165, 1.54) is 34.1 Å². The van der Waals surface area contributed by atoms with Crippen LogP contribution in [0.3, 0.4) is 0 Å². The van der Waals surface area contributed by atoms with E-state index in [-0.39, 0.29) is 36.2 Å². The van der Waals surface area contributed by atoms with E-state index in [1.54, 1.807) is 24.3 Å². The van der Waals surface area contributed by atoms with Crippen LogP contribution in [0.2, 0.25) is 5.02 Å². The summed E-state index contributed by atoms with van der Waals surface area (Å²) in [6, 6.07) is 16.0. The number of benzene rings is 3. The summed E-state index contributed by atoms with van der Waals surface area (Å²) in [6.45, 7) is 4.52. The number of fused-ring (bicyclic) bond motifs is 2. The molecule has 2 fully saturated rings. The number of anilines is 3. The van der Waals surface area contributed by atoms with Crippen LogP contribution in [0.1, 0.15) is 41.8 Å². The molecule has 0 unspecified atom stereocenters. The summed E-state index contributed by atoms with van der Waals surface area (Å²) in [7, 11) is 0. The second-order valence-electron chi connectivity index (χ2n) is 10.3. The lowest BCUT2D eigenvalue weighted by molar-refractivity contribution is -0.120. The van der Waals surface area contributed by atoms with E-state index >= 15 is 0 Å². The third-order valence-electron chi connectivity index (χ3n) is 8.23. The lowest BCUT2D eigenvalue weighted by Gasteiger charge is -2.27. The molecule has 6 rings (SSSR count). The van der Waals surface area contributed by atoms with Gasteiger partial charge in [0, 0.05) is 10.4 Å². The number of carboxylic acid groups (broad SMARTS) is 1. The minimum atomic E-state index is -1.20. The number of hydrogen-bond donors (Lipinski definition) is 1. The van der Waals surface area contributed by atoms with E-state index in [1.807, 2.05) is 26.0 Å². The Kier molecular flexibility index (Phi) is 5.33. The Balaban J connectivity index is 1.55. The first-order chi connectivity index (χ1) is 18.1. The molecule has 7 nitrogen and oxygen atoms in total. The first kappa shape index (κ1) is 24.4. The van der Waals surface area contributed by atoms with Crippen LogP contribution in [0.5, 0.6) is 0 Å². The molecule has 2 atom stereocenters. The number of rotatable bonds is 5. The van der Waals surface area contributed by atoms with Crippen molar-refractivity contribution >= 4 is 46.6 Å². The molecule has 38 heavy (non-hydrogen) atoms. The van der Waals surface area contributed by atoms with Crippen molar-refractivity contribution in [3.05, 3.63) is 88.2 Å². The van der Waals surface area contributed by atoms with Crippen LogP contribution in [0.4, 0.5) is 26.2 Å². The number of halogens is 2. The van der Waals surface area contributed by atoms with Crippen molar-refractivity contribution in [1.29, 1.82) is 0 Å². The van der Waals surface area contributed by atoms with Crippen LogP contribution < -0.4 is 9.80 Å². The maximum Gasteiger partial charge on any atom is 0.414 e. The van der Waals surface area contributed by atoms with Gasteiger partial charge in [0.1, 0.15) is 12.4 Å². The molecule has 9 heteroatoms. The van der Waals surface area contributed by atoms with Crippen LogP contribution in [0.15, 0.2) is 60.7 Å². The number of hydrogen-bond acceptors (Lipinski definition) is 4. The predicted octanol–water partition coefficient (Wildman–Crippen LogP) is 6.05. The van der Waals surface area contributed by atoms with Gasteiger partial charge in [-0.05, 0) is 72.0 Å². The average Bonchev–Trinajstić information content (AvgIpc) is 3.33. The number of carbonyl (C=O) groups is 3. The summed E-state index contributed by atoms with van der Waals surface area (Å²) in [4.78, 5) is 41.6.